The molecule has 3 N–H and O–H groups in total. The van der Waals surface area contributed by atoms with Crippen LogP contribution >= 0.6 is 0 Å². The van der Waals surface area contributed by atoms with Crippen molar-refractivity contribution < 1.29 is 13.2 Å². The lowest BCUT2D eigenvalue weighted by Gasteiger charge is -2.20. The van der Waals surface area contributed by atoms with Crippen molar-refractivity contribution in [1.82, 2.24) is 10.2 Å². The van der Waals surface area contributed by atoms with Crippen LogP contribution < -0.4 is 14.8 Å². The number of aryl methyl sites for hydroxylation is 1. The molecule has 7 nitrogen and oxygen atoms in total. The van der Waals surface area contributed by atoms with E-state index in [-0.39, 0.29) is 11.6 Å². The molecule has 0 fully saturated rings. The number of anilines is 1. The third-order valence-electron chi connectivity index (χ3n) is 3.27. The smallest absolute Gasteiger partial charge is 0.283 e. The van der Waals surface area contributed by atoms with Gasteiger partial charge in [0.1, 0.15) is 5.75 Å². The van der Waals surface area contributed by atoms with Crippen molar-refractivity contribution >= 4 is 15.7 Å². The fourth-order valence-corrected chi connectivity index (χ4v) is 3.41. The number of rotatable bonds is 5. The van der Waals surface area contributed by atoms with E-state index in [1.807, 2.05) is 0 Å². The van der Waals surface area contributed by atoms with Gasteiger partial charge in [0.15, 0.2) is 0 Å². The van der Waals surface area contributed by atoms with Gasteiger partial charge in [-0.25, -0.2) is 0 Å². The third-order valence-corrected chi connectivity index (χ3v) is 5.01. The molecule has 0 aliphatic rings. The SMILES string of the molecule is COc1ccccc1N(C)S(=O)(=O)c1n[nH]c(C)c1CN. The number of nitrogens with one attached hydrogen (secondary N) is 1. The van der Waals surface area contributed by atoms with Gasteiger partial charge in [0.25, 0.3) is 10.0 Å². The van der Waals surface area contributed by atoms with Crippen molar-refractivity contribution in [2.45, 2.75) is 18.5 Å². The van der Waals surface area contributed by atoms with E-state index in [1.165, 1.54) is 14.2 Å². The number of ether oxygens (including phenoxy) is 1. The predicted octanol–water partition coefficient (Wildman–Crippen LogP) is 1.01. The van der Waals surface area contributed by atoms with Gasteiger partial charge in [0, 0.05) is 24.8 Å². The third kappa shape index (κ3) is 2.59. The summed E-state index contributed by atoms with van der Waals surface area (Å²) in [5.41, 5.74) is 7.18. The van der Waals surface area contributed by atoms with E-state index in [2.05, 4.69) is 10.2 Å². The zero-order chi connectivity index (χ0) is 15.6. The van der Waals surface area contributed by atoms with Gasteiger partial charge in [-0.1, -0.05) is 12.1 Å². The molecule has 2 rings (SSSR count). The van der Waals surface area contributed by atoms with Crippen LogP contribution in [0.5, 0.6) is 5.75 Å². The monoisotopic (exact) mass is 310 g/mol. The number of H-pyrrole nitrogens is 1. The molecule has 0 saturated heterocycles. The Kier molecular flexibility index (Phi) is 4.19. The number of nitrogens with two attached hydrogens (primary N) is 1. The molecule has 8 heteroatoms. The Morgan fingerprint density at radius 2 is 2.05 bits per heavy atom. The van der Waals surface area contributed by atoms with E-state index in [9.17, 15) is 8.42 Å². The summed E-state index contributed by atoms with van der Waals surface area (Å²) >= 11 is 0. The maximum Gasteiger partial charge on any atom is 0.283 e. The molecule has 0 saturated carbocycles. The first-order chi connectivity index (χ1) is 9.93. The molecule has 0 atom stereocenters. The van der Waals surface area contributed by atoms with Gasteiger partial charge >= 0.3 is 0 Å². The van der Waals surface area contributed by atoms with Gasteiger partial charge in [-0.15, -0.1) is 0 Å². The molecule has 0 amide bonds. The van der Waals surface area contributed by atoms with Crippen molar-refractivity contribution in [3.63, 3.8) is 0 Å². The highest BCUT2D eigenvalue weighted by atomic mass is 32.2. The van der Waals surface area contributed by atoms with Crippen LogP contribution in [-0.2, 0) is 16.6 Å². The molecule has 0 aliphatic heterocycles. The maximum atomic E-state index is 12.7. The number of methoxy groups -OCH3 is 1. The Balaban J connectivity index is 2.53. The summed E-state index contributed by atoms with van der Waals surface area (Å²) in [5, 5.41) is 6.49. The number of nitrogens with zero attached hydrogens (tertiary/aromatic N) is 2. The molecule has 1 aromatic heterocycles. The van der Waals surface area contributed by atoms with Crippen LogP contribution in [0.15, 0.2) is 29.3 Å². The number of hydrogen-bond donors (Lipinski definition) is 2. The summed E-state index contributed by atoms with van der Waals surface area (Å²) in [7, 11) is -0.870. The van der Waals surface area contributed by atoms with Crippen molar-refractivity contribution in [1.29, 1.82) is 0 Å². The summed E-state index contributed by atoms with van der Waals surface area (Å²) < 4.78 is 31.8. The van der Waals surface area contributed by atoms with Gasteiger partial charge in [-0.05, 0) is 19.1 Å². The summed E-state index contributed by atoms with van der Waals surface area (Å²) in [6.07, 6.45) is 0. The molecule has 1 heterocycles. The fourth-order valence-electron chi connectivity index (χ4n) is 2.03. The van der Waals surface area contributed by atoms with Crippen molar-refractivity contribution in [2.24, 2.45) is 5.73 Å². The van der Waals surface area contributed by atoms with Gasteiger partial charge < -0.3 is 10.5 Å². The molecule has 2 aromatic rings. The lowest BCUT2D eigenvalue weighted by molar-refractivity contribution is 0.416. The lowest BCUT2D eigenvalue weighted by Crippen LogP contribution is -2.28. The second-order valence-corrected chi connectivity index (χ2v) is 6.37. The highest BCUT2D eigenvalue weighted by Crippen LogP contribution is 2.31. The Labute approximate surface area is 123 Å². The van der Waals surface area contributed by atoms with E-state index in [0.29, 0.717) is 22.7 Å². The first kappa shape index (κ1) is 15.3. The van der Waals surface area contributed by atoms with Crippen molar-refractivity contribution in [3.8, 4) is 5.75 Å². The van der Waals surface area contributed by atoms with Gasteiger partial charge in [0.05, 0.1) is 12.8 Å². The number of aromatic amines is 1. The van der Waals surface area contributed by atoms with E-state index in [1.54, 1.807) is 31.2 Å². The minimum absolute atomic E-state index is 0.0593. The maximum absolute atomic E-state index is 12.7. The van der Waals surface area contributed by atoms with Crippen molar-refractivity contribution in [2.75, 3.05) is 18.5 Å². The molecule has 0 aliphatic carbocycles. The minimum Gasteiger partial charge on any atom is -0.495 e. The second kappa shape index (κ2) is 5.74. The summed E-state index contributed by atoms with van der Waals surface area (Å²) in [5.74, 6) is 0.463. The average molecular weight is 310 g/mol. The number of sulfonamides is 1. The molecule has 0 radical (unpaired) electrons. The van der Waals surface area contributed by atoms with Crippen LogP contribution in [0, 0.1) is 6.92 Å². The minimum atomic E-state index is -3.82. The van der Waals surface area contributed by atoms with Gasteiger partial charge in [-0.2, -0.15) is 13.5 Å². The topological polar surface area (TPSA) is 101 Å². The van der Waals surface area contributed by atoms with Crippen LogP contribution in [-0.4, -0.2) is 32.8 Å². The Hall–Kier alpha value is -2.06. The van der Waals surface area contributed by atoms with Crippen LogP contribution in [0.2, 0.25) is 0 Å². The number of benzene rings is 1. The molecule has 1 aromatic carbocycles. The molecule has 21 heavy (non-hydrogen) atoms. The molecular formula is C13H18N4O3S. The first-order valence-corrected chi connectivity index (χ1v) is 7.73. The summed E-state index contributed by atoms with van der Waals surface area (Å²) in [4.78, 5) is 0. The van der Waals surface area contributed by atoms with Crippen molar-refractivity contribution in [3.05, 3.63) is 35.5 Å². The highest BCUT2D eigenvalue weighted by molar-refractivity contribution is 7.92. The number of aromatic nitrogens is 2. The zero-order valence-corrected chi connectivity index (χ0v) is 12.9. The normalized spacial score (nSPS) is 11.4. The van der Waals surface area contributed by atoms with E-state index in [4.69, 9.17) is 10.5 Å². The summed E-state index contributed by atoms with van der Waals surface area (Å²) in [6, 6.07) is 6.87. The molecule has 0 bridgehead atoms. The van der Waals surface area contributed by atoms with E-state index >= 15 is 0 Å². The first-order valence-electron chi connectivity index (χ1n) is 6.29. The molecule has 114 valence electrons. The quantitative estimate of drug-likeness (QED) is 0.858. The Bertz CT molecular complexity index is 740. The Morgan fingerprint density at radius 1 is 1.38 bits per heavy atom. The van der Waals surface area contributed by atoms with Gasteiger partial charge in [-0.3, -0.25) is 9.40 Å². The van der Waals surface area contributed by atoms with E-state index < -0.39 is 10.0 Å². The predicted molar refractivity (Wildman–Crippen MR) is 79.8 cm³/mol. The number of para-hydroxylation sites is 2. The number of hydrogen-bond acceptors (Lipinski definition) is 5. The van der Waals surface area contributed by atoms with E-state index in [0.717, 1.165) is 4.31 Å². The average Bonchev–Trinajstić information content (AvgIpc) is 2.87. The standard InChI is InChI=1S/C13H18N4O3S/c1-9-10(8-14)13(16-15-9)21(18,19)17(2)11-6-4-5-7-12(11)20-3/h4-7H,8,14H2,1-3H3,(H,15,16). The lowest BCUT2D eigenvalue weighted by atomic mass is 10.3. The Morgan fingerprint density at radius 3 is 2.67 bits per heavy atom. The van der Waals surface area contributed by atoms with Gasteiger partial charge in [0.2, 0.25) is 5.03 Å². The largest absolute Gasteiger partial charge is 0.495 e. The van der Waals surface area contributed by atoms with Crippen LogP contribution in [0.3, 0.4) is 0 Å². The summed E-state index contributed by atoms with van der Waals surface area (Å²) in [6.45, 7) is 1.83. The fraction of sp³-hybridized carbons (Fsp3) is 0.308. The van der Waals surface area contributed by atoms with Crippen LogP contribution in [0.1, 0.15) is 11.3 Å². The zero-order valence-electron chi connectivity index (χ0n) is 12.1. The van der Waals surface area contributed by atoms with Crippen LogP contribution in [0.25, 0.3) is 0 Å². The highest BCUT2D eigenvalue weighted by Gasteiger charge is 2.29. The molecule has 0 unspecified atom stereocenters. The second-order valence-electron chi connectivity index (χ2n) is 4.48. The molecule has 0 spiro atoms. The van der Waals surface area contributed by atoms with Crippen LogP contribution in [0.4, 0.5) is 5.69 Å². The molecular weight excluding hydrogens is 292 g/mol.